The molecule has 5 rings (SSSR count). The van der Waals surface area contributed by atoms with Gasteiger partial charge in [0.2, 0.25) is 0 Å². The zero-order valence-corrected chi connectivity index (χ0v) is 11.2. The second-order valence-electron chi connectivity index (χ2n) is 7.62. The maximum Gasteiger partial charge on any atom is 0.0614 e. The van der Waals surface area contributed by atoms with E-state index >= 15 is 0 Å². The van der Waals surface area contributed by atoms with Gasteiger partial charge >= 0.3 is 0 Å². The first-order valence-electron chi connectivity index (χ1n) is 7.44. The highest BCUT2D eigenvalue weighted by atomic mass is 16.3. The summed E-state index contributed by atoms with van der Waals surface area (Å²) in [6.07, 6.45) is 2.09. The Morgan fingerprint density at radius 1 is 1.22 bits per heavy atom. The SMILES string of the molecule is CC(CO)[C@@H]1CC[C@@]2(C)[C@H]3[C@@H](O)[C@@H]4[C@H]([C@H]31)[C@@]42CO. The molecule has 18 heavy (non-hydrogen) atoms. The Hall–Kier alpha value is -0.120. The van der Waals surface area contributed by atoms with Crippen LogP contribution >= 0.6 is 0 Å². The quantitative estimate of drug-likeness (QED) is 0.698. The van der Waals surface area contributed by atoms with Crippen molar-refractivity contribution in [2.75, 3.05) is 13.2 Å². The molecule has 3 N–H and O–H groups in total. The van der Waals surface area contributed by atoms with Crippen LogP contribution < -0.4 is 0 Å². The number of aliphatic hydroxyl groups excluding tert-OH is 3. The molecule has 1 unspecified atom stereocenters. The van der Waals surface area contributed by atoms with Gasteiger partial charge in [0.25, 0.3) is 0 Å². The fraction of sp³-hybridized carbons (Fsp3) is 1.00. The van der Waals surface area contributed by atoms with Gasteiger partial charge in [-0.05, 0) is 53.8 Å². The van der Waals surface area contributed by atoms with Gasteiger partial charge in [-0.1, -0.05) is 13.8 Å². The Balaban J connectivity index is 1.76. The van der Waals surface area contributed by atoms with Crippen molar-refractivity contribution in [2.45, 2.75) is 32.8 Å². The van der Waals surface area contributed by atoms with Crippen molar-refractivity contribution in [3.05, 3.63) is 0 Å². The molecule has 5 saturated carbocycles. The Morgan fingerprint density at radius 3 is 2.56 bits per heavy atom. The molecule has 5 aliphatic rings. The van der Waals surface area contributed by atoms with E-state index in [2.05, 4.69) is 13.8 Å². The van der Waals surface area contributed by atoms with Gasteiger partial charge in [0, 0.05) is 18.6 Å². The second kappa shape index (κ2) is 3.13. The standard InChI is InChI=1S/C15H24O3/c1-7(5-16)8-3-4-14(2)11-9(8)10-12(13(11)18)15(10,14)6-17/h7-13,16-18H,3-6H2,1-2H3/t7?,8-,9+,10-,11+,12-,13+,14-,15-/m0/s1. The van der Waals surface area contributed by atoms with Gasteiger partial charge in [0.15, 0.2) is 0 Å². The molecule has 3 heteroatoms. The van der Waals surface area contributed by atoms with E-state index in [4.69, 9.17) is 0 Å². The predicted molar refractivity (Wildman–Crippen MR) is 66.6 cm³/mol. The van der Waals surface area contributed by atoms with E-state index < -0.39 is 0 Å². The Bertz CT molecular complexity index is 397. The van der Waals surface area contributed by atoms with Gasteiger partial charge in [-0.2, -0.15) is 0 Å². The lowest BCUT2D eigenvalue weighted by Gasteiger charge is -2.45. The van der Waals surface area contributed by atoms with E-state index in [0.717, 1.165) is 12.8 Å². The minimum atomic E-state index is -0.189. The monoisotopic (exact) mass is 252 g/mol. The first kappa shape index (κ1) is 11.7. The summed E-state index contributed by atoms with van der Waals surface area (Å²) in [4.78, 5) is 0. The van der Waals surface area contributed by atoms with Crippen LogP contribution in [0.15, 0.2) is 0 Å². The van der Waals surface area contributed by atoms with Crippen molar-refractivity contribution < 1.29 is 15.3 Å². The molecule has 0 aromatic heterocycles. The number of rotatable bonds is 3. The smallest absolute Gasteiger partial charge is 0.0614 e. The zero-order chi connectivity index (χ0) is 12.9. The summed E-state index contributed by atoms with van der Waals surface area (Å²) in [7, 11) is 0. The average Bonchev–Trinajstić information content (AvgIpc) is 2.85. The zero-order valence-electron chi connectivity index (χ0n) is 11.2. The van der Waals surface area contributed by atoms with Crippen molar-refractivity contribution in [1.82, 2.24) is 0 Å². The van der Waals surface area contributed by atoms with Crippen LogP contribution in [0.5, 0.6) is 0 Å². The summed E-state index contributed by atoms with van der Waals surface area (Å²) in [5.74, 6) is 2.72. The van der Waals surface area contributed by atoms with Crippen molar-refractivity contribution in [3.8, 4) is 0 Å². The fourth-order valence-corrected chi connectivity index (χ4v) is 6.93. The van der Waals surface area contributed by atoms with Crippen LogP contribution in [0.25, 0.3) is 0 Å². The van der Waals surface area contributed by atoms with Gasteiger partial charge < -0.3 is 15.3 Å². The highest BCUT2D eigenvalue weighted by Crippen LogP contribution is 2.91. The lowest BCUT2D eigenvalue weighted by atomic mass is 9.60. The molecule has 0 spiro atoms. The molecule has 0 amide bonds. The van der Waals surface area contributed by atoms with Crippen LogP contribution in [0.3, 0.4) is 0 Å². The van der Waals surface area contributed by atoms with Crippen LogP contribution in [0, 0.1) is 46.3 Å². The molecule has 102 valence electrons. The molecule has 0 aliphatic heterocycles. The van der Waals surface area contributed by atoms with Gasteiger partial charge in [0.05, 0.1) is 6.10 Å². The summed E-state index contributed by atoms with van der Waals surface area (Å²) in [6, 6.07) is 0. The third-order valence-corrected chi connectivity index (χ3v) is 7.60. The minimum Gasteiger partial charge on any atom is -0.396 e. The van der Waals surface area contributed by atoms with Crippen molar-refractivity contribution in [2.24, 2.45) is 46.3 Å². The summed E-state index contributed by atoms with van der Waals surface area (Å²) in [5.41, 5.74) is 0.193. The number of aliphatic hydroxyl groups is 3. The Morgan fingerprint density at radius 2 is 1.94 bits per heavy atom. The van der Waals surface area contributed by atoms with E-state index in [-0.39, 0.29) is 30.1 Å². The molecule has 9 atom stereocenters. The van der Waals surface area contributed by atoms with Gasteiger partial charge in [-0.15, -0.1) is 0 Å². The van der Waals surface area contributed by atoms with Crippen molar-refractivity contribution in [1.29, 1.82) is 0 Å². The summed E-state index contributed by atoms with van der Waals surface area (Å²) >= 11 is 0. The molecule has 6 bridgehead atoms. The van der Waals surface area contributed by atoms with Crippen molar-refractivity contribution in [3.63, 3.8) is 0 Å². The topological polar surface area (TPSA) is 60.7 Å². The maximum absolute atomic E-state index is 10.5. The van der Waals surface area contributed by atoms with E-state index in [1.165, 1.54) is 0 Å². The van der Waals surface area contributed by atoms with Gasteiger partial charge in [-0.25, -0.2) is 0 Å². The minimum absolute atomic E-state index is 0.0334. The lowest BCUT2D eigenvalue weighted by Crippen LogP contribution is -2.41. The molecule has 3 nitrogen and oxygen atoms in total. The first-order chi connectivity index (χ1) is 8.54. The van der Waals surface area contributed by atoms with E-state index in [9.17, 15) is 15.3 Å². The molecule has 0 radical (unpaired) electrons. The molecular formula is C15H24O3. The third-order valence-electron chi connectivity index (χ3n) is 7.60. The first-order valence-corrected chi connectivity index (χ1v) is 7.44. The van der Waals surface area contributed by atoms with Crippen LogP contribution in [-0.4, -0.2) is 34.6 Å². The van der Waals surface area contributed by atoms with Gasteiger partial charge in [0.1, 0.15) is 0 Å². The second-order valence-corrected chi connectivity index (χ2v) is 7.62. The third kappa shape index (κ3) is 0.862. The highest BCUT2D eigenvalue weighted by molar-refractivity contribution is 5.38. The van der Waals surface area contributed by atoms with Gasteiger partial charge in [-0.3, -0.25) is 0 Å². The van der Waals surface area contributed by atoms with E-state index in [1.807, 2.05) is 0 Å². The number of hydrogen-bond donors (Lipinski definition) is 3. The van der Waals surface area contributed by atoms with Crippen LogP contribution in [-0.2, 0) is 0 Å². The predicted octanol–water partition coefficient (Wildman–Crippen LogP) is 0.876. The van der Waals surface area contributed by atoms with Crippen molar-refractivity contribution >= 4 is 0 Å². The normalized spacial score (nSPS) is 65.2. The van der Waals surface area contributed by atoms with Crippen LogP contribution in [0.1, 0.15) is 26.7 Å². The summed E-state index contributed by atoms with van der Waals surface area (Å²) < 4.78 is 0. The van der Waals surface area contributed by atoms with E-state index in [0.29, 0.717) is 35.5 Å². The molecule has 5 aliphatic carbocycles. The Kier molecular flexibility index (Phi) is 2.03. The lowest BCUT2D eigenvalue weighted by molar-refractivity contribution is -0.0147. The van der Waals surface area contributed by atoms with Crippen LogP contribution in [0.4, 0.5) is 0 Å². The molecule has 0 aromatic carbocycles. The summed E-state index contributed by atoms with van der Waals surface area (Å²) in [5, 5.41) is 29.9. The Labute approximate surface area is 108 Å². The number of hydrogen-bond acceptors (Lipinski definition) is 3. The fourth-order valence-electron chi connectivity index (χ4n) is 6.93. The molecule has 0 aromatic rings. The maximum atomic E-state index is 10.5. The van der Waals surface area contributed by atoms with Crippen LogP contribution in [0.2, 0.25) is 0 Å². The largest absolute Gasteiger partial charge is 0.396 e. The van der Waals surface area contributed by atoms with E-state index in [1.54, 1.807) is 0 Å². The molecule has 0 saturated heterocycles. The highest BCUT2D eigenvalue weighted by Gasteiger charge is 2.91. The average molecular weight is 252 g/mol. The molecular weight excluding hydrogens is 228 g/mol. The molecule has 0 heterocycles. The molecule has 5 fully saturated rings. The summed E-state index contributed by atoms with van der Waals surface area (Å²) in [6.45, 7) is 4.95.